The van der Waals surface area contributed by atoms with E-state index in [1.165, 1.54) is 17.7 Å². The Morgan fingerprint density at radius 2 is 1.80 bits per heavy atom. The molecule has 0 N–H and O–H groups in total. The molecule has 5 rings (SSSR count). The van der Waals surface area contributed by atoms with Gasteiger partial charge in [0.1, 0.15) is 24.0 Å². The second kappa shape index (κ2) is 9.90. The van der Waals surface area contributed by atoms with Crippen molar-refractivity contribution in [2.45, 2.75) is 45.1 Å². The Kier molecular flexibility index (Phi) is 6.53. The Morgan fingerprint density at radius 1 is 1.06 bits per heavy atom. The summed E-state index contributed by atoms with van der Waals surface area (Å²) in [5.74, 6) is 1.91. The van der Waals surface area contributed by atoms with Crippen molar-refractivity contribution in [1.82, 2.24) is 9.55 Å². The number of amides is 1. The van der Waals surface area contributed by atoms with Crippen molar-refractivity contribution >= 4 is 22.6 Å². The summed E-state index contributed by atoms with van der Waals surface area (Å²) < 4.78 is 21.8. The molecule has 1 aromatic heterocycles. The molecule has 1 aliphatic rings. The third kappa shape index (κ3) is 4.65. The van der Waals surface area contributed by atoms with Crippen LogP contribution in [0.5, 0.6) is 5.75 Å². The molecule has 0 saturated carbocycles. The largest absolute Gasteiger partial charge is 0.491 e. The first-order valence-electron chi connectivity index (χ1n) is 12.3. The number of imidazole rings is 1. The molecule has 6 heteroatoms. The van der Waals surface area contributed by atoms with Crippen molar-refractivity contribution in [2.24, 2.45) is 0 Å². The van der Waals surface area contributed by atoms with Gasteiger partial charge in [0.05, 0.1) is 17.6 Å². The maximum absolute atomic E-state index is 13.4. The number of anilines is 1. The quantitative estimate of drug-likeness (QED) is 0.303. The van der Waals surface area contributed by atoms with E-state index in [0.717, 1.165) is 29.0 Å². The number of ether oxygens (including phenoxy) is 1. The first kappa shape index (κ1) is 23.1. The SMILES string of the molecule is CC[C@@H](C)c1ccccc1OCCn1c([C@H]2CC(=O)N(c3ccc(F)cc3)C2)nc2ccccc21. The molecule has 1 saturated heterocycles. The van der Waals surface area contributed by atoms with Crippen molar-refractivity contribution in [1.29, 1.82) is 0 Å². The van der Waals surface area contributed by atoms with Gasteiger partial charge in [-0.2, -0.15) is 0 Å². The van der Waals surface area contributed by atoms with Gasteiger partial charge in [-0.3, -0.25) is 4.79 Å². The monoisotopic (exact) mass is 471 g/mol. The van der Waals surface area contributed by atoms with Gasteiger partial charge in [-0.25, -0.2) is 9.37 Å². The molecule has 2 heterocycles. The molecule has 0 bridgehead atoms. The lowest BCUT2D eigenvalue weighted by molar-refractivity contribution is -0.117. The molecule has 0 unspecified atom stereocenters. The molecule has 3 aromatic carbocycles. The van der Waals surface area contributed by atoms with Crippen LogP contribution in [0, 0.1) is 5.82 Å². The lowest BCUT2D eigenvalue weighted by Gasteiger charge is -2.18. The molecule has 1 amide bonds. The zero-order chi connectivity index (χ0) is 24.4. The van der Waals surface area contributed by atoms with Gasteiger partial charge in [-0.05, 0) is 60.4 Å². The third-order valence-electron chi connectivity index (χ3n) is 6.95. The summed E-state index contributed by atoms with van der Waals surface area (Å²) in [6.45, 7) is 6.05. The summed E-state index contributed by atoms with van der Waals surface area (Å²) in [6.07, 6.45) is 1.43. The second-order valence-electron chi connectivity index (χ2n) is 9.19. The van der Waals surface area contributed by atoms with Crippen molar-refractivity contribution < 1.29 is 13.9 Å². The van der Waals surface area contributed by atoms with Gasteiger partial charge in [0, 0.05) is 24.6 Å². The minimum absolute atomic E-state index is 0.0268. The summed E-state index contributed by atoms with van der Waals surface area (Å²) in [5, 5.41) is 0. The van der Waals surface area contributed by atoms with E-state index in [2.05, 4.69) is 36.6 Å². The topological polar surface area (TPSA) is 47.4 Å². The fourth-order valence-corrected chi connectivity index (χ4v) is 4.88. The molecule has 0 radical (unpaired) electrons. The highest BCUT2D eigenvalue weighted by Crippen LogP contribution is 2.34. The molecule has 180 valence electrons. The highest BCUT2D eigenvalue weighted by atomic mass is 19.1. The third-order valence-corrected chi connectivity index (χ3v) is 6.95. The van der Waals surface area contributed by atoms with Crippen molar-refractivity contribution in [3.63, 3.8) is 0 Å². The normalized spacial score (nSPS) is 16.7. The molecule has 2 atom stereocenters. The number of hydrogen-bond donors (Lipinski definition) is 0. The van der Waals surface area contributed by atoms with Crippen LogP contribution in [0.4, 0.5) is 10.1 Å². The van der Waals surface area contributed by atoms with Crippen molar-refractivity contribution in [2.75, 3.05) is 18.1 Å². The van der Waals surface area contributed by atoms with Gasteiger partial charge in [-0.15, -0.1) is 0 Å². The number of nitrogens with zero attached hydrogens (tertiary/aromatic N) is 3. The number of hydrogen-bond acceptors (Lipinski definition) is 3. The Morgan fingerprint density at radius 3 is 2.60 bits per heavy atom. The predicted molar refractivity (Wildman–Crippen MR) is 136 cm³/mol. The van der Waals surface area contributed by atoms with Gasteiger partial charge in [-0.1, -0.05) is 44.2 Å². The Balaban J connectivity index is 1.39. The Labute approximate surface area is 205 Å². The zero-order valence-corrected chi connectivity index (χ0v) is 20.2. The number of aromatic nitrogens is 2. The molecule has 4 aromatic rings. The Hall–Kier alpha value is -3.67. The van der Waals surface area contributed by atoms with Crippen molar-refractivity contribution in [3.8, 4) is 5.75 Å². The molecular weight excluding hydrogens is 441 g/mol. The molecule has 1 fully saturated rings. The van der Waals surface area contributed by atoms with Crippen LogP contribution in [0.1, 0.15) is 49.9 Å². The van der Waals surface area contributed by atoms with E-state index in [4.69, 9.17) is 9.72 Å². The number of carbonyl (C=O) groups is 1. The van der Waals surface area contributed by atoms with Gasteiger partial charge < -0.3 is 14.2 Å². The first-order valence-corrected chi connectivity index (χ1v) is 12.3. The summed E-state index contributed by atoms with van der Waals surface area (Å²) in [7, 11) is 0. The Bertz CT molecular complexity index is 1330. The van der Waals surface area contributed by atoms with E-state index in [-0.39, 0.29) is 17.6 Å². The summed E-state index contributed by atoms with van der Waals surface area (Å²) in [5.41, 5.74) is 3.89. The molecule has 5 nitrogen and oxygen atoms in total. The van der Waals surface area contributed by atoms with E-state index in [1.807, 2.05) is 30.3 Å². The lowest BCUT2D eigenvalue weighted by atomic mass is 9.98. The number of carbonyl (C=O) groups excluding carboxylic acids is 1. The molecule has 1 aliphatic heterocycles. The van der Waals surface area contributed by atoms with Gasteiger partial charge in [0.2, 0.25) is 5.91 Å². The highest BCUT2D eigenvalue weighted by Gasteiger charge is 2.34. The first-order chi connectivity index (χ1) is 17.0. The standard InChI is InChI=1S/C29H30FN3O2/c1-3-20(2)24-8-4-7-11-27(24)35-17-16-32-26-10-6-5-9-25(26)31-29(32)21-18-28(34)33(19-21)23-14-12-22(30)13-15-23/h4-15,20-21H,3,16-19H2,1-2H3/t20-,21+/m1/s1. The van der Waals surface area contributed by atoms with Gasteiger partial charge in [0.15, 0.2) is 0 Å². The maximum Gasteiger partial charge on any atom is 0.227 e. The van der Waals surface area contributed by atoms with E-state index in [1.54, 1.807) is 17.0 Å². The minimum atomic E-state index is -0.311. The predicted octanol–water partition coefficient (Wildman–Crippen LogP) is 6.29. The van der Waals surface area contributed by atoms with E-state index >= 15 is 0 Å². The van der Waals surface area contributed by atoms with Crippen molar-refractivity contribution in [3.05, 3.63) is 90.0 Å². The van der Waals surface area contributed by atoms with Crippen LogP contribution in [0.15, 0.2) is 72.8 Å². The average Bonchev–Trinajstić information content (AvgIpc) is 3.45. The molecule has 35 heavy (non-hydrogen) atoms. The zero-order valence-electron chi connectivity index (χ0n) is 20.2. The van der Waals surface area contributed by atoms with Crippen LogP contribution in [0.25, 0.3) is 11.0 Å². The summed E-state index contributed by atoms with van der Waals surface area (Å²) in [6, 6.07) is 22.4. The van der Waals surface area contributed by atoms with Crippen LogP contribution >= 0.6 is 0 Å². The number of benzene rings is 3. The fraction of sp³-hybridized carbons (Fsp3) is 0.310. The van der Waals surface area contributed by atoms with Crippen LogP contribution in [-0.4, -0.2) is 28.6 Å². The molecular formula is C29H30FN3O2. The number of fused-ring (bicyclic) bond motifs is 1. The number of rotatable bonds is 8. The second-order valence-corrected chi connectivity index (χ2v) is 9.19. The van der Waals surface area contributed by atoms with Crippen LogP contribution < -0.4 is 9.64 Å². The number of para-hydroxylation sites is 3. The number of halogens is 1. The van der Waals surface area contributed by atoms with E-state index in [9.17, 15) is 9.18 Å². The van der Waals surface area contributed by atoms with Crippen LogP contribution in [0.3, 0.4) is 0 Å². The van der Waals surface area contributed by atoms with E-state index < -0.39 is 0 Å². The molecule has 0 aliphatic carbocycles. The smallest absolute Gasteiger partial charge is 0.227 e. The maximum atomic E-state index is 13.4. The fourth-order valence-electron chi connectivity index (χ4n) is 4.88. The van der Waals surface area contributed by atoms with Crippen LogP contribution in [0.2, 0.25) is 0 Å². The van der Waals surface area contributed by atoms with E-state index in [0.29, 0.717) is 37.7 Å². The van der Waals surface area contributed by atoms with Gasteiger partial charge >= 0.3 is 0 Å². The summed E-state index contributed by atoms with van der Waals surface area (Å²) in [4.78, 5) is 19.5. The minimum Gasteiger partial charge on any atom is -0.491 e. The summed E-state index contributed by atoms with van der Waals surface area (Å²) >= 11 is 0. The van der Waals surface area contributed by atoms with Gasteiger partial charge in [0.25, 0.3) is 0 Å². The highest BCUT2D eigenvalue weighted by molar-refractivity contribution is 5.96. The van der Waals surface area contributed by atoms with Crippen LogP contribution in [-0.2, 0) is 11.3 Å². The average molecular weight is 472 g/mol. The lowest BCUT2D eigenvalue weighted by Crippen LogP contribution is -2.24. The molecule has 0 spiro atoms.